The SMILES string of the molecule is Cn1c([C@@H]2C[C@@H](ONCOC(=O)c3ccccc3)CN2c2nc(N)nc(N)c2C#N)nc2cccc(Cl)c2c1=O. The van der Waals surface area contributed by atoms with Crippen LogP contribution in [-0.4, -0.2) is 44.9 Å². The number of aromatic nitrogens is 4. The molecule has 0 saturated carbocycles. The number of hydroxylamine groups is 1. The van der Waals surface area contributed by atoms with Gasteiger partial charge >= 0.3 is 5.97 Å². The number of hydrogen-bond donors (Lipinski definition) is 3. The molecule has 0 radical (unpaired) electrons. The average molecular weight is 562 g/mol. The first-order valence-corrected chi connectivity index (χ1v) is 12.5. The lowest BCUT2D eigenvalue weighted by Gasteiger charge is -2.27. The van der Waals surface area contributed by atoms with Crippen molar-refractivity contribution in [1.82, 2.24) is 25.0 Å². The molecule has 0 spiro atoms. The van der Waals surface area contributed by atoms with E-state index in [0.29, 0.717) is 33.7 Å². The second-order valence-electron chi connectivity index (χ2n) is 8.98. The molecule has 3 heterocycles. The number of esters is 1. The first-order chi connectivity index (χ1) is 19.3. The minimum Gasteiger partial charge on any atom is -0.444 e. The lowest BCUT2D eigenvalue weighted by atomic mass is 10.1. The van der Waals surface area contributed by atoms with Gasteiger partial charge in [-0.15, -0.1) is 0 Å². The number of hydrogen-bond acceptors (Lipinski definition) is 12. The first-order valence-electron chi connectivity index (χ1n) is 12.1. The molecule has 14 heteroatoms. The molecule has 2 aromatic carbocycles. The molecule has 4 aromatic rings. The van der Waals surface area contributed by atoms with E-state index in [2.05, 4.69) is 15.4 Å². The van der Waals surface area contributed by atoms with Gasteiger partial charge in [0.25, 0.3) is 5.56 Å². The second kappa shape index (κ2) is 11.1. The molecule has 13 nitrogen and oxygen atoms in total. The molecule has 40 heavy (non-hydrogen) atoms. The molecule has 1 saturated heterocycles. The van der Waals surface area contributed by atoms with Gasteiger partial charge in [0.1, 0.15) is 23.3 Å². The zero-order valence-electron chi connectivity index (χ0n) is 21.2. The summed E-state index contributed by atoms with van der Waals surface area (Å²) in [5, 5.41) is 10.4. The standard InChI is InChI=1S/C26H24ClN9O4/c1-35-23(32-18-9-5-8-17(27)20(18)24(35)37)19-10-15(40-31-13-39-25(38)14-6-3-2-4-7-14)12-36(19)22-16(11-28)21(29)33-26(30)34-22/h2-9,15,19,31H,10,12-13H2,1H3,(H4,29,30,33,34)/t15-,19+/m1/s1. The van der Waals surface area contributed by atoms with Crippen LogP contribution < -0.4 is 27.4 Å². The smallest absolute Gasteiger partial charge is 0.339 e. The Morgan fingerprint density at radius 1 is 1.18 bits per heavy atom. The van der Waals surface area contributed by atoms with Crippen LogP contribution in [0.2, 0.25) is 5.02 Å². The number of halogens is 1. The summed E-state index contributed by atoms with van der Waals surface area (Å²) in [4.78, 5) is 46.0. The van der Waals surface area contributed by atoms with Crippen molar-refractivity contribution >= 4 is 46.1 Å². The van der Waals surface area contributed by atoms with Crippen molar-refractivity contribution in [3.05, 3.63) is 80.9 Å². The normalized spacial score (nSPS) is 16.7. The van der Waals surface area contributed by atoms with Gasteiger partial charge < -0.3 is 21.1 Å². The van der Waals surface area contributed by atoms with Gasteiger partial charge in [-0.3, -0.25) is 14.2 Å². The minimum absolute atomic E-state index is 0.0263. The number of nitriles is 1. The Bertz CT molecular complexity index is 1690. The monoisotopic (exact) mass is 561 g/mol. The largest absolute Gasteiger partial charge is 0.444 e. The van der Waals surface area contributed by atoms with E-state index in [1.54, 1.807) is 60.5 Å². The predicted molar refractivity (Wildman–Crippen MR) is 147 cm³/mol. The van der Waals surface area contributed by atoms with Crippen molar-refractivity contribution in [3.8, 4) is 6.07 Å². The third-order valence-electron chi connectivity index (χ3n) is 6.49. The van der Waals surface area contributed by atoms with Crippen LogP contribution in [0.5, 0.6) is 0 Å². The Balaban J connectivity index is 1.44. The Labute approximate surface area is 232 Å². The summed E-state index contributed by atoms with van der Waals surface area (Å²) in [5.74, 6) is -0.137. The van der Waals surface area contributed by atoms with Crippen LogP contribution in [0.3, 0.4) is 0 Å². The van der Waals surface area contributed by atoms with Crippen molar-refractivity contribution in [1.29, 1.82) is 5.26 Å². The summed E-state index contributed by atoms with van der Waals surface area (Å²) in [6.45, 7) is -0.00468. The van der Waals surface area contributed by atoms with Crippen LogP contribution in [0.1, 0.15) is 34.2 Å². The summed E-state index contributed by atoms with van der Waals surface area (Å²) in [6, 6.07) is 15.0. The van der Waals surface area contributed by atoms with Crippen molar-refractivity contribution in [3.63, 3.8) is 0 Å². The molecule has 2 atom stereocenters. The molecule has 0 unspecified atom stereocenters. The summed E-state index contributed by atoms with van der Waals surface area (Å²) < 4.78 is 6.62. The van der Waals surface area contributed by atoms with E-state index >= 15 is 0 Å². The summed E-state index contributed by atoms with van der Waals surface area (Å²) in [7, 11) is 1.59. The van der Waals surface area contributed by atoms with E-state index in [-0.39, 0.29) is 42.0 Å². The number of carbonyl (C=O) groups is 1. The fourth-order valence-electron chi connectivity index (χ4n) is 4.65. The fourth-order valence-corrected chi connectivity index (χ4v) is 4.90. The number of rotatable bonds is 7. The van der Waals surface area contributed by atoms with Gasteiger partial charge in [0.2, 0.25) is 5.95 Å². The van der Waals surface area contributed by atoms with Crippen LogP contribution in [0.25, 0.3) is 10.9 Å². The highest BCUT2D eigenvalue weighted by atomic mass is 35.5. The molecule has 5 N–H and O–H groups in total. The molecule has 5 rings (SSSR count). The number of nitrogen functional groups attached to an aromatic ring is 2. The lowest BCUT2D eigenvalue weighted by molar-refractivity contribution is -0.0563. The van der Waals surface area contributed by atoms with Gasteiger partial charge in [0.05, 0.1) is 33.6 Å². The van der Waals surface area contributed by atoms with Crippen LogP contribution in [0.15, 0.2) is 53.3 Å². The highest BCUT2D eigenvalue weighted by molar-refractivity contribution is 6.35. The van der Waals surface area contributed by atoms with Crippen LogP contribution in [-0.2, 0) is 16.6 Å². The first kappa shape index (κ1) is 26.8. The van der Waals surface area contributed by atoms with Crippen LogP contribution in [0.4, 0.5) is 17.6 Å². The molecule has 1 aliphatic heterocycles. The lowest BCUT2D eigenvalue weighted by Crippen LogP contribution is -2.33. The number of benzene rings is 2. The zero-order valence-corrected chi connectivity index (χ0v) is 22.0. The van der Waals surface area contributed by atoms with Gasteiger partial charge in [-0.2, -0.15) is 20.7 Å². The Morgan fingerprint density at radius 2 is 1.95 bits per heavy atom. The number of carbonyl (C=O) groups excluding carboxylic acids is 1. The van der Waals surface area contributed by atoms with Crippen molar-refractivity contribution < 1.29 is 14.4 Å². The molecule has 204 valence electrons. The minimum atomic E-state index is -0.583. The van der Waals surface area contributed by atoms with Crippen molar-refractivity contribution in [2.45, 2.75) is 18.6 Å². The highest BCUT2D eigenvalue weighted by Crippen LogP contribution is 2.38. The summed E-state index contributed by atoms with van der Waals surface area (Å²) in [6.07, 6.45) is -0.183. The van der Waals surface area contributed by atoms with E-state index in [9.17, 15) is 14.9 Å². The topological polar surface area (TPSA) is 187 Å². The van der Waals surface area contributed by atoms with Gasteiger partial charge in [0.15, 0.2) is 12.5 Å². The number of nitrogens with zero attached hydrogens (tertiary/aromatic N) is 6. The van der Waals surface area contributed by atoms with Crippen LogP contribution in [0, 0.1) is 11.3 Å². The Morgan fingerprint density at radius 3 is 2.70 bits per heavy atom. The molecule has 0 aliphatic carbocycles. The molecule has 0 bridgehead atoms. The number of ether oxygens (including phenoxy) is 1. The van der Waals surface area contributed by atoms with Crippen molar-refractivity contribution in [2.75, 3.05) is 29.6 Å². The fraction of sp³-hybridized carbons (Fsp3) is 0.231. The quantitative estimate of drug-likeness (QED) is 0.129. The van der Waals surface area contributed by atoms with E-state index < -0.39 is 18.1 Å². The number of fused-ring (bicyclic) bond motifs is 1. The molecule has 0 amide bonds. The van der Waals surface area contributed by atoms with E-state index in [1.807, 2.05) is 6.07 Å². The summed E-state index contributed by atoms with van der Waals surface area (Å²) >= 11 is 6.29. The molecule has 2 aromatic heterocycles. The Hall–Kier alpha value is -4.77. The van der Waals surface area contributed by atoms with Gasteiger partial charge in [-0.25, -0.2) is 9.78 Å². The second-order valence-corrected chi connectivity index (χ2v) is 9.38. The molecular weight excluding hydrogens is 538 g/mol. The van der Waals surface area contributed by atoms with E-state index in [1.165, 1.54) is 4.57 Å². The molecule has 1 fully saturated rings. The average Bonchev–Trinajstić information content (AvgIpc) is 3.36. The Kier molecular flexibility index (Phi) is 7.47. The number of nitrogens with two attached hydrogens (primary N) is 2. The van der Waals surface area contributed by atoms with Gasteiger partial charge in [-0.05, 0) is 24.3 Å². The third-order valence-corrected chi connectivity index (χ3v) is 6.81. The zero-order chi connectivity index (χ0) is 28.4. The summed E-state index contributed by atoms with van der Waals surface area (Å²) in [5.41, 5.74) is 15.0. The third kappa shape index (κ3) is 5.10. The number of anilines is 3. The predicted octanol–water partition coefficient (Wildman–Crippen LogP) is 2.07. The van der Waals surface area contributed by atoms with Gasteiger partial charge in [-0.1, -0.05) is 35.9 Å². The highest BCUT2D eigenvalue weighted by Gasteiger charge is 2.39. The van der Waals surface area contributed by atoms with Crippen molar-refractivity contribution in [2.24, 2.45) is 7.05 Å². The maximum Gasteiger partial charge on any atom is 0.339 e. The van der Waals surface area contributed by atoms with E-state index in [4.69, 9.17) is 37.6 Å². The van der Waals surface area contributed by atoms with Gasteiger partial charge in [0, 0.05) is 20.0 Å². The molecule has 1 aliphatic rings. The van der Waals surface area contributed by atoms with Crippen LogP contribution >= 0.6 is 11.6 Å². The number of nitrogens with one attached hydrogen (secondary N) is 1. The molecular formula is C26H24ClN9O4. The van der Waals surface area contributed by atoms with E-state index in [0.717, 1.165) is 0 Å². The maximum absolute atomic E-state index is 13.3. The maximum atomic E-state index is 13.3.